The van der Waals surface area contributed by atoms with E-state index in [1.807, 2.05) is 0 Å². The maximum Gasteiger partial charge on any atom is 0.416 e. The molecule has 0 atom stereocenters. The van der Waals surface area contributed by atoms with Gasteiger partial charge in [-0.3, -0.25) is 0 Å². The van der Waals surface area contributed by atoms with E-state index in [-0.39, 0.29) is 17.2 Å². The largest absolute Gasteiger partial charge is 0.477 e. The minimum absolute atomic E-state index is 0.115. The van der Waals surface area contributed by atoms with Gasteiger partial charge in [0.05, 0.1) is 5.56 Å². The molecule has 0 unspecified atom stereocenters. The van der Waals surface area contributed by atoms with E-state index in [1.165, 1.54) is 12.1 Å². The molecule has 0 aliphatic carbocycles. The maximum absolute atomic E-state index is 12.6. The number of H-pyrrole nitrogens is 1. The number of aromatic nitrogens is 2. The fraction of sp³-hybridized carbons (Fsp3) is 0.0588. The smallest absolute Gasteiger partial charge is 0.416 e. The van der Waals surface area contributed by atoms with Gasteiger partial charge in [0.2, 0.25) is 0 Å². The van der Waals surface area contributed by atoms with Crippen LogP contribution in [0, 0.1) is 0 Å². The normalized spacial score (nSPS) is 11.5. The van der Waals surface area contributed by atoms with E-state index in [0.717, 1.165) is 12.1 Å². The van der Waals surface area contributed by atoms with E-state index in [4.69, 9.17) is 0 Å². The second kappa shape index (κ2) is 5.84. The van der Waals surface area contributed by atoms with E-state index in [0.29, 0.717) is 11.1 Å². The lowest BCUT2D eigenvalue weighted by molar-refractivity contribution is -0.137. The van der Waals surface area contributed by atoms with E-state index >= 15 is 0 Å². The Labute approximate surface area is 134 Å². The number of aromatic carboxylic acids is 1. The maximum atomic E-state index is 12.6. The van der Waals surface area contributed by atoms with Crippen LogP contribution >= 0.6 is 0 Å². The average molecular weight is 332 g/mol. The predicted octanol–water partition coefficient (Wildman–Crippen LogP) is 4.46. The van der Waals surface area contributed by atoms with Gasteiger partial charge in [0.15, 0.2) is 5.69 Å². The van der Waals surface area contributed by atoms with Crippen LogP contribution in [0.4, 0.5) is 13.2 Å². The molecule has 0 aliphatic rings. The molecule has 0 amide bonds. The van der Waals surface area contributed by atoms with Crippen LogP contribution in [-0.4, -0.2) is 21.0 Å². The van der Waals surface area contributed by atoms with E-state index in [2.05, 4.69) is 9.97 Å². The Morgan fingerprint density at radius 3 is 2.12 bits per heavy atom. The molecule has 122 valence electrons. The molecule has 1 heterocycles. The Bertz CT molecular complexity index is 869. The number of imidazole rings is 1. The van der Waals surface area contributed by atoms with Crippen LogP contribution in [0.1, 0.15) is 16.1 Å². The standard InChI is InChI=1S/C17H11F3N2O2/c18-17(19,20)12-8-6-11(7-9-12)15-21-13(14(22-15)16(23)24)10-4-2-1-3-5-10/h1-9H,(H,21,22)(H,23,24). The van der Waals surface area contributed by atoms with Gasteiger partial charge in [0.25, 0.3) is 0 Å². The Balaban J connectivity index is 2.05. The van der Waals surface area contributed by atoms with Crippen molar-refractivity contribution < 1.29 is 23.1 Å². The van der Waals surface area contributed by atoms with Crippen molar-refractivity contribution in [2.24, 2.45) is 0 Å². The third kappa shape index (κ3) is 3.01. The zero-order valence-electron chi connectivity index (χ0n) is 12.1. The molecule has 3 rings (SSSR count). The summed E-state index contributed by atoms with van der Waals surface area (Å²) in [7, 11) is 0. The number of nitrogens with one attached hydrogen (secondary N) is 1. The highest BCUT2D eigenvalue weighted by atomic mass is 19.4. The van der Waals surface area contributed by atoms with Crippen LogP contribution in [0.25, 0.3) is 22.6 Å². The van der Waals surface area contributed by atoms with E-state index < -0.39 is 17.7 Å². The predicted molar refractivity (Wildman–Crippen MR) is 81.4 cm³/mol. The summed E-state index contributed by atoms with van der Waals surface area (Å²) in [5, 5.41) is 9.32. The number of hydrogen-bond acceptors (Lipinski definition) is 2. The number of carboxylic acids is 1. The number of carboxylic acid groups (broad SMARTS) is 1. The molecule has 1 aromatic heterocycles. The van der Waals surface area contributed by atoms with Crippen LogP contribution in [0.2, 0.25) is 0 Å². The quantitative estimate of drug-likeness (QED) is 0.744. The number of benzene rings is 2. The van der Waals surface area contributed by atoms with Gasteiger partial charge in [0, 0.05) is 11.1 Å². The molecule has 0 spiro atoms. The lowest BCUT2D eigenvalue weighted by atomic mass is 10.1. The zero-order valence-corrected chi connectivity index (χ0v) is 12.1. The first-order chi connectivity index (χ1) is 11.4. The molecule has 0 radical (unpaired) electrons. The summed E-state index contributed by atoms with van der Waals surface area (Å²) in [6.07, 6.45) is -4.43. The van der Waals surface area contributed by atoms with Gasteiger partial charge < -0.3 is 10.1 Å². The van der Waals surface area contributed by atoms with Crippen molar-refractivity contribution in [2.75, 3.05) is 0 Å². The first-order valence-electron chi connectivity index (χ1n) is 6.92. The molecular weight excluding hydrogens is 321 g/mol. The minimum Gasteiger partial charge on any atom is -0.477 e. The van der Waals surface area contributed by atoms with Crippen LogP contribution in [0.5, 0.6) is 0 Å². The zero-order chi connectivity index (χ0) is 17.3. The molecule has 2 aromatic carbocycles. The lowest BCUT2D eigenvalue weighted by Crippen LogP contribution is -2.04. The SMILES string of the molecule is O=C(O)c1[nH]c(-c2ccc(C(F)(F)F)cc2)nc1-c1ccccc1. The van der Waals surface area contributed by atoms with Crippen molar-refractivity contribution in [3.63, 3.8) is 0 Å². The Hall–Kier alpha value is -3.09. The fourth-order valence-electron chi connectivity index (χ4n) is 2.29. The number of rotatable bonds is 3. The summed E-state index contributed by atoms with van der Waals surface area (Å²) < 4.78 is 37.8. The molecule has 0 saturated carbocycles. The van der Waals surface area contributed by atoms with Crippen molar-refractivity contribution in [3.8, 4) is 22.6 Å². The summed E-state index contributed by atoms with van der Waals surface area (Å²) in [5.74, 6) is -1.00. The molecule has 2 N–H and O–H groups in total. The molecule has 3 aromatic rings. The molecule has 7 heteroatoms. The Morgan fingerprint density at radius 2 is 1.58 bits per heavy atom. The highest BCUT2D eigenvalue weighted by molar-refractivity contribution is 5.94. The number of carbonyl (C=O) groups is 1. The monoisotopic (exact) mass is 332 g/mol. The van der Waals surface area contributed by atoms with Gasteiger partial charge in [0.1, 0.15) is 11.5 Å². The summed E-state index contributed by atoms with van der Waals surface area (Å²) in [6.45, 7) is 0. The van der Waals surface area contributed by atoms with Gasteiger partial charge in [-0.25, -0.2) is 9.78 Å². The number of alkyl halides is 3. The van der Waals surface area contributed by atoms with Crippen molar-refractivity contribution in [3.05, 3.63) is 65.9 Å². The number of nitrogens with zero attached hydrogens (tertiary/aromatic N) is 1. The number of aromatic amines is 1. The van der Waals surface area contributed by atoms with E-state index in [9.17, 15) is 23.1 Å². The molecule has 0 saturated heterocycles. The summed E-state index contributed by atoms with van der Waals surface area (Å²) in [5.41, 5.74) is 0.311. The average Bonchev–Trinajstić information content (AvgIpc) is 3.00. The second-order valence-corrected chi connectivity index (χ2v) is 5.06. The van der Waals surface area contributed by atoms with Crippen LogP contribution < -0.4 is 0 Å². The minimum atomic E-state index is -4.43. The van der Waals surface area contributed by atoms with Gasteiger partial charge in [-0.15, -0.1) is 0 Å². The van der Waals surface area contributed by atoms with Crippen LogP contribution in [0.3, 0.4) is 0 Å². The first-order valence-corrected chi connectivity index (χ1v) is 6.92. The molecular formula is C17H11F3N2O2. The molecule has 4 nitrogen and oxygen atoms in total. The van der Waals surface area contributed by atoms with Crippen molar-refractivity contribution >= 4 is 5.97 Å². The summed E-state index contributed by atoms with van der Waals surface area (Å²) >= 11 is 0. The molecule has 24 heavy (non-hydrogen) atoms. The van der Waals surface area contributed by atoms with Crippen LogP contribution in [0.15, 0.2) is 54.6 Å². The second-order valence-electron chi connectivity index (χ2n) is 5.06. The van der Waals surface area contributed by atoms with Crippen molar-refractivity contribution in [1.29, 1.82) is 0 Å². The highest BCUT2D eigenvalue weighted by Gasteiger charge is 2.30. The van der Waals surface area contributed by atoms with Gasteiger partial charge in [-0.05, 0) is 12.1 Å². The third-order valence-electron chi connectivity index (χ3n) is 3.45. The first kappa shape index (κ1) is 15.8. The fourth-order valence-corrected chi connectivity index (χ4v) is 2.29. The van der Waals surface area contributed by atoms with E-state index in [1.54, 1.807) is 30.3 Å². The number of hydrogen-bond donors (Lipinski definition) is 2. The molecule has 0 aliphatic heterocycles. The Morgan fingerprint density at radius 1 is 0.958 bits per heavy atom. The third-order valence-corrected chi connectivity index (χ3v) is 3.45. The van der Waals surface area contributed by atoms with Gasteiger partial charge in [-0.1, -0.05) is 42.5 Å². The lowest BCUT2D eigenvalue weighted by Gasteiger charge is -2.06. The molecule has 0 bridgehead atoms. The van der Waals surface area contributed by atoms with Crippen LogP contribution in [-0.2, 0) is 6.18 Å². The summed E-state index contributed by atoms with van der Waals surface area (Å²) in [4.78, 5) is 18.3. The topological polar surface area (TPSA) is 66.0 Å². The van der Waals surface area contributed by atoms with Gasteiger partial charge >= 0.3 is 12.1 Å². The van der Waals surface area contributed by atoms with Crippen molar-refractivity contribution in [1.82, 2.24) is 9.97 Å². The highest BCUT2D eigenvalue weighted by Crippen LogP contribution is 2.31. The Kier molecular flexibility index (Phi) is 3.84. The van der Waals surface area contributed by atoms with Crippen molar-refractivity contribution in [2.45, 2.75) is 6.18 Å². The van der Waals surface area contributed by atoms with Gasteiger partial charge in [-0.2, -0.15) is 13.2 Å². The summed E-state index contributed by atoms with van der Waals surface area (Å²) in [6, 6.07) is 13.1. The molecule has 0 fully saturated rings. The number of halogens is 3.